The van der Waals surface area contributed by atoms with Crippen LogP contribution < -0.4 is 10.6 Å². The van der Waals surface area contributed by atoms with E-state index < -0.39 is 6.10 Å². The van der Waals surface area contributed by atoms with Gasteiger partial charge in [0.2, 0.25) is 0 Å². The number of para-hydroxylation sites is 1. The summed E-state index contributed by atoms with van der Waals surface area (Å²) in [5.41, 5.74) is 2.75. The zero-order valence-electron chi connectivity index (χ0n) is 11.2. The van der Waals surface area contributed by atoms with Crippen LogP contribution in [0.5, 0.6) is 0 Å². The lowest BCUT2D eigenvalue weighted by molar-refractivity contribution is 0.144. The molecule has 2 amide bonds. The zero-order chi connectivity index (χ0) is 14.8. The highest BCUT2D eigenvalue weighted by molar-refractivity contribution is 9.10. The van der Waals surface area contributed by atoms with E-state index in [1.54, 1.807) is 0 Å². The maximum absolute atomic E-state index is 12.1. The highest BCUT2D eigenvalue weighted by Crippen LogP contribution is 2.31. The number of nitrogens with one attached hydrogen (secondary N) is 2. The molecule has 108 valence electrons. The van der Waals surface area contributed by atoms with Crippen LogP contribution in [-0.4, -0.2) is 17.2 Å². The minimum Gasteiger partial charge on any atom is -0.390 e. The molecule has 2 aromatic carbocycles. The van der Waals surface area contributed by atoms with Gasteiger partial charge in [0.25, 0.3) is 0 Å². The Morgan fingerprint density at radius 2 is 1.86 bits per heavy atom. The smallest absolute Gasteiger partial charge is 0.319 e. The SMILES string of the molecule is O=C(Nc1ccccc1Br)N[C@H]1c2ccccc2C[C@H]1O. The number of hydrogen-bond donors (Lipinski definition) is 3. The highest BCUT2D eigenvalue weighted by Gasteiger charge is 2.31. The van der Waals surface area contributed by atoms with Gasteiger partial charge in [0, 0.05) is 10.9 Å². The van der Waals surface area contributed by atoms with Crippen LogP contribution in [0.15, 0.2) is 53.0 Å². The van der Waals surface area contributed by atoms with Crippen molar-refractivity contribution in [2.24, 2.45) is 0 Å². The third kappa shape index (κ3) is 2.94. The Hall–Kier alpha value is -1.85. The second-order valence-corrected chi connectivity index (χ2v) is 5.88. The van der Waals surface area contributed by atoms with E-state index in [4.69, 9.17) is 0 Å². The van der Waals surface area contributed by atoms with Crippen molar-refractivity contribution in [2.45, 2.75) is 18.6 Å². The number of benzene rings is 2. The maximum Gasteiger partial charge on any atom is 0.319 e. The molecule has 1 aliphatic rings. The standard InChI is InChI=1S/C16H15BrN2O2/c17-12-7-3-4-8-13(12)18-16(21)19-15-11-6-2-1-5-10(11)9-14(15)20/h1-8,14-15,20H,9H2,(H2,18,19,21)/t14-,15+/m1/s1. The van der Waals surface area contributed by atoms with Gasteiger partial charge in [0.05, 0.1) is 17.8 Å². The average Bonchev–Trinajstić information content (AvgIpc) is 2.78. The van der Waals surface area contributed by atoms with E-state index in [-0.39, 0.29) is 12.1 Å². The molecule has 0 aromatic heterocycles. The first-order valence-corrected chi connectivity index (χ1v) is 7.52. The van der Waals surface area contributed by atoms with Crippen molar-refractivity contribution < 1.29 is 9.90 Å². The minimum atomic E-state index is -0.590. The van der Waals surface area contributed by atoms with E-state index in [9.17, 15) is 9.90 Å². The van der Waals surface area contributed by atoms with Crippen LogP contribution in [0.1, 0.15) is 17.2 Å². The van der Waals surface area contributed by atoms with Crippen LogP contribution in [0.2, 0.25) is 0 Å². The molecule has 0 bridgehead atoms. The fraction of sp³-hybridized carbons (Fsp3) is 0.188. The van der Waals surface area contributed by atoms with Crippen LogP contribution in [0.4, 0.5) is 10.5 Å². The predicted molar refractivity (Wildman–Crippen MR) is 85.2 cm³/mol. The number of fused-ring (bicyclic) bond motifs is 1. The predicted octanol–water partition coefficient (Wildman–Crippen LogP) is 3.23. The van der Waals surface area contributed by atoms with Crippen molar-refractivity contribution in [1.29, 1.82) is 0 Å². The normalized spacial score (nSPS) is 19.9. The van der Waals surface area contributed by atoms with E-state index in [2.05, 4.69) is 26.6 Å². The third-order valence-electron chi connectivity index (χ3n) is 3.61. The lowest BCUT2D eigenvalue weighted by atomic mass is 10.1. The number of anilines is 1. The lowest BCUT2D eigenvalue weighted by Gasteiger charge is -2.18. The summed E-state index contributed by atoms with van der Waals surface area (Å²) in [6.45, 7) is 0. The molecule has 1 aliphatic carbocycles. The Bertz CT molecular complexity index is 675. The van der Waals surface area contributed by atoms with Gasteiger partial charge >= 0.3 is 6.03 Å². The molecule has 0 radical (unpaired) electrons. The second kappa shape index (κ2) is 5.87. The Balaban J connectivity index is 1.72. The van der Waals surface area contributed by atoms with Gasteiger partial charge < -0.3 is 15.7 Å². The summed E-state index contributed by atoms with van der Waals surface area (Å²) < 4.78 is 0.813. The quantitative estimate of drug-likeness (QED) is 0.781. The number of carbonyl (C=O) groups is 1. The van der Waals surface area contributed by atoms with Crippen molar-refractivity contribution in [3.63, 3.8) is 0 Å². The number of aliphatic hydroxyl groups is 1. The molecule has 21 heavy (non-hydrogen) atoms. The Labute approximate surface area is 131 Å². The summed E-state index contributed by atoms with van der Waals surface area (Å²) in [5.74, 6) is 0. The number of halogens is 1. The van der Waals surface area contributed by atoms with Crippen molar-refractivity contribution in [3.8, 4) is 0 Å². The van der Waals surface area contributed by atoms with Crippen molar-refractivity contribution in [2.75, 3.05) is 5.32 Å². The summed E-state index contributed by atoms with van der Waals surface area (Å²) in [7, 11) is 0. The van der Waals surface area contributed by atoms with Crippen LogP contribution in [0.3, 0.4) is 0 Å². The van der Waals surface area contributed by atoms with Crippen LogP contribution in [0.25, 0.3) is 0 Å². The number of aliphatic hydroxyl groups excluding tert-OH is 1. The molecule has 0 aliphatic heterocycles. The van der Waals surface area contributed by atoms with Crippen molar-refractivity contribution >= 4 is 27.6 Å². The first-order chi connectivity index (χ1) is 10.1. The second-order valence-electron chi connectivity index (χ2n) is 5.03. The summed E-state index contributed by atoms with van der Waals surface area (Å²) in [5, 5.41) is 15.7. The molecule has 0 saturated carbocycles. The summed E-state index contributed by atoms with van der Waals surface area (Å²) in [4.78, 5) is 12.1. The molecule has 0 fully saturated rings. The number of amides is 2. The molecule has 0 unspecified atom stereocenters. The van der Waals surface area contributed by atoms with Crippen molar-refractivity contribution in [3.05, 3.63) is 64.1 Å². The Morgan fingerprint density at radius 1 is 1.14 bits per heavy atom. The molecule has 2 atom stereocenters. The average molecular weight is 347 g/mol. The van der Waals surface area contributed by atoms with Crippen LogP contribution >= 0.6 is 15.9 Å². The fourth-order valence-electron chi connectivity index (χ4n) is 2.61. The highest BCUT2D eigenvalue weighted by atomic mass is 79.9. The van der Waals surface area contributed by atoms with Gasteiger partial charge in [-0.2, -0.15) is 0 Å². The largest absolute Gasteiger partial charge is 0.390 e. The number of carbonyl (C=O) groups excluding carboxylic acids is 1. The molecule has 0 saturated heterocycles. The van der Waals surface area contributed by atoms with E-state index in [1.807, 2.05) is 48.5 Å². The molecular formula is C16H15BrN2O2. The van der Waals surface area contributed by atoms with Gasteiger partial charge in [0.1, 0.15) is 0 Å². The Kier molecular flexibility index (Phi) is 3.94. The minimum absolute atomic E-state index is 0.331. The fourth-order valence-corrected chi connectivity index (χ4v) is 2.99. The molecular weight excluding hydrogens is 332 g/mol. The summed E-state index contributed by atoms with van der Waals surface area (Å²) in [6.07, 6.45) is -0.0248. The molecule has 3 rings (SSSR count). The molecule has 5 heteroatoms. The monoisotopic (exact) mass is 346 g/mol. The van der Waals surface area contributed by atoms with E-state index in [0.29, 0.717) is 12.1 Å². The van der Waals surface area contributed by atoms with Gasteiger partial charge in [-0.15, -0.1) is 0 Å². The topological polar surface area (TPSA) is 61.4 Å². The van der Waals surface area contributed by atoms with Crippen LogP contribution in [0, 0.1) is 0 Å². The molecule has 0 spiro atoms. The van der Waals surface area contributed by atoms with Gasteiger partial charge in [-0.3, -0.25) is 0 Å². The maximum atomic E-state index is 12.1. The van der Waals surface area contributed by atoms with E-state index in [0.717, 1.165) is 15.6 Å². The molecule has 3 N–H and O–H groups in total. The summed E-state index contributed by atoms with van der Waals surface area (Å²) in [6, 6.07) is 14.5. The molecule has 0 heterocycles. The lowest BCUT2D eigenvalue weighted by Crippen LogP contribution is -2.36. The van der Waals surface area contributed by atoms with Gasteiger partial charge in [0.15, 0.2) is 0 Å². The van der Waals surface area contributed by atoms with E-state index in [1.165, 1.54) is 0 Å². The Morgan fingerprint density at radius 3 is 2.67 bits per heavy atom. The number of rotatable bonds is 2. The number of hydrogen-bond acceptors (Lipinski definition) is 2. The van der Waals surface area contributed by atoms with Gasteiger partial charge in [-0.25, -0.2) is 4.79 Å². The first-order valence-electron chi connectivity index (χ1n) is 6.73. The number of urea groups is 1. The van der Waals surface area contributed by atoms with Crippen LogP contribution in [-0.2, 0) is 6.42 Å². The van der Waals surface area contributed by atoms with Crippen molar-refractivity contribution in [1.82, 2.24) is 5.32 Å². The van der Waals surface area contributed by atoms with Gasteiger partial charge in [-0.1, -0.05) is 36.4 Å². The summed E-state index contributed by atoms with van der Waals surface area (Å²) >= 11 is 3.38. The van der Waals surface area contributed by atoms with Gasteiger partial charge in [-0.05, 0) is 39.2 Å². The molecule has 2 aromatic rings. The molecule has 4 nitrogen and oxygen atoms in total. The zero-order valence-corrected chi connectivity index (χ0v) is 12.8. The third-order valence-corrected chi connectivity index (χ3v) is 4.30. The first kappa shape index (κ1) is 14.1. The van der Waals surface area contributed by atoms with E-state index >= 15 is 0 Å².